The summed E-state index contributed by atoms with van der Waals surface area (Å²) >= 11 is 11.8. The molecule has 0 atom stereocenters. The summed E-state index contributed by atoms with van der Waals surface area (Å²) in [4.78, 5) is 11.9. The van der Waals surface area contributed by atoms with Crippen LogP contribution < -0.4 is 11.1 Å². The summed E-state index contributed by atoms with van der Waals surface area (Å²) in [6.07, 6.45) is 1.23. The van der Waals surface area contributed by atoms with Crippen molar-refractivity contribution < 1.29 is 9.90 Å². The molecular weight excluding hydrogens is 275 g/mol. The number of nitrogens with one attached hydrogen (secondary N) is 1. The molecule has 0 aliphatic heterocycles. The highest BCUT2D eigenvalue weighted by Crippen LogP contribution is 2.29. The summed E-state index contributed by atoms with van der Waals surface area (Å²) in [7, 11) is 0. The fourth-order valence-electron chi connectivity index (χ4n) is 1.97. The average Bonchev–Trinajstić information content (AvgIpc) is 2.27. The Balaban J connectivity index is 2.00. The number of anilines is 1. The lowest BCUT2D eigenvalue weighted by Gasteiger charge is -2.31. The van der Waals surface area contributed by atoms with Crippen molar-refractivity contribution in [3.8, 4) is 0 Å². The van der Waals surface area contributed by atoms with Crippen molar-refractivity contribution in [1.29, 1.82) is 0 Å². The molecule has 4 N–H and O–H groups in total. The third kappa shape index (κ3) is 2.88. The fourth-order valence-corrected chi connectivity index (χ4v) is 2.40. The van der Waals surface area contributed by atoms with Gasteiger partial charge in [0.2, 0.25) is 0 Å². The maximum absolute atomic E-state index is 11.9. The van der Waals surface area contributed by atoms with Gasteiger partial charge in [0.05, 0.1) is 21.7 Å². The Kier molecular flexibility index (Phi) is 4.00. The zero-order valence-electron chi connectivity index (χ0n) is 9.62. The van der Waals surface area contributed by atoms with E-state index in [9.17, 15) is 4.79 Å². The molecule has 1 aliphatic carbocycles. The molecule has 1 aliphatic rings. The molecule has 1 saturated carbocycles. The van der Waals surface area contributed by atoms with Gasteiger partial charge in [-0.1, -0.05) is 23.2 Å². The summed E-state index contributed by atoms with van der Waals surface area (Å²) in [5.41, 5.74) is 6.30. The third-order valence-corrected chi connectivity index (χ3v) is 3.86. The molecule has 18 heavy (non-hydrogen) atoms. The first-order valence-electron chi connectivity index (χ1n) is 5.68. The van der Waals surface area contributed by atoms with Crippen LogP contribution in [0.15, 0.2) is 12.1 Å². The molecule has 0 spiro atoms. The number of aliphatic hydroxyl groups excluding tert-OH is 1. The normalized spacial score (nSPS) is 22.4. The maximum atomic E-state index is 11.9. The van der Waals surface area contributed by atoms with Crippen LogP contribution in [0.2, 0.25) is 10.0 Å². The minimum Gasteiger partial charge on any atom is -0.399 e. The van der Waals surface area contributed by atoms with Crippen LogP contribution in [0.5, 0.6) is 0 Å². The molecule has 1 fully saturated rings. The van der Waals surface area contributed by atoms with Gasteiger partial charge in [-0.3, -0.25) is 4.79 Å². The highest BCUT2D eigenvalue weighted by atomic mass is 35.5. The molecule has 0 bridgehead atoms. The summed E-state index contributed by atoms with van der Waals surface area (Å²) in [6.45, 7) is 0.526. The second-order valence-electron chi connectivity index (χ2n) is 4.57. The van der Waals surface area contributed by atoms with Crippen LogP contribution in [0, 0.1) is 5.92 Å². The minimum absolute atomic E-state index is 0.206. The van der Waals surface area contributed by atoms with E-state index in [0.717, 1.165) is 12.8 Å². The Morgan fingerprint density at radius 1 is 1.44 bits per heavy atom. The summed E-state index contributed by atoms with van der Waals surface area (Å²) in [5, 5.41) is 12.4. The Hall–Kier alpha value is -0.970. The molecule has 0 unspecified atom stereocenters. The number of benzene rings is 1. The molecule has 1 amide bonds. The van der Waals surface area contributed by atoms with Crippen molar-refractivity contribution >= 4 is 34.8 Å². The first kappa shape index (κ1) is 13.5. The second-order valence-corrected chi connectivity index (χ2v) is 5.35. The van der Waals surface area contributed by atoms with E-state index < -0.39 is 0 Å². The van der Waals surface area contributed by atoms with Crippen LogP contribution in [0.1, 0.15) is 23.2 Å². The number of carbonyl (C=O) groups is 1. The van der Waals surface area contributed by atoms with Crippen molar-refractivity contribution in [3.63, 3.8) is 0 Å². The number of hydrogen-bond acceptors (Lipinski definition) is 3. The topological polar surface area (TPSA) is 75.4 Å². The lowest BCUT2D eigenvalue weighted by Crippen LogP contribution is -2.38. The Bertz CT molecular complexity index is 473. The van der Waals surface area contributed by atoms with Crippen molar-refractivity contribution in [2.75, 3.05) is 12.3 Å². The third-order valence-electron chi connectivity index (χ3n) is 3.06. The number of rotatable bonds is 3. The Labute approximate surface area is 115 Å². The number of amides is 1. The molecule has 0 saturated heterocycles. The standard InChI is InChI=1S/C12H14Cl2N2O2/c13-10-4-7(15)3-9(11(10)14)12(18)16-5-6-1-8(17)2-6/h3-4,6,8,17H,1-2,5,15H2,(H,16,18). The van der Waals surface area contributed by atoms with Crippen LogP contribution >= 0.6 is 23.2 Å². The van der Waals surface area contributed by atoms with E-state index in [1.54, 1.807) is 0 Å². The van der Waals surface area contributed by atoms with E-state index in [2.05, 4.69) is 5.32 Å². The minimum atomic E-state index is -0.296. The van der Waals surface area contributed by atoms with Crippen LogP contribution in [0.25, 0.3) is 0 Å². The number of nitrogen functional groups attached to an aromatic ring is 1. The van der Waals surface area contributed by atoms with Gasteiger partial charge >= 0.3 is 0 Å². The van der Waals surface area contributed by atoms with Gasteiger partial charge in [0.1, 0.15) is 0 Å². The second kappa shape index (κ2) is 5.34. The first-order chi connectivity index (χ1) is 8.47. The van der Waals surface area contributed by atoms with E-state index in [1.807, 2.05) is 0 Å². The highest BCUT2D eigenvalue weighted by molar-refractivity contribution is 6.44. The quantitative estimate of drug-likeness (QED) is 0.746. The summed E-state index contributed by atoms with van der Waals surface area (Å²) in [6, 6.07) is 3.00. The molecule has 1 aromatic carbocycles. The summed E-state index contributed by atoms with van der Waals surface area (Å²) in [5.74, 6) is 0.0369. The predicted molar refractivity (Wildman–Crippen MR) is 71.9 cm³/mol. The van der Waals surface area contributed by atoms with Crippen molar-refractivity contribution in [3.05, 3.63) is 27.7 Å². The monoisotopic (exact) mass is 288 g/mol. The van der Waals surface area contributed by atoms with E-state index in [0.29, 0.717) is 18.2 Å². The van der Waals surface area contributed by atoms with E-state index >= 15 is 0 Å². The van der Waals surface area contributed by atoms with E-state index in [1.165, 1.54) is 12.1 Å². The SMILES string of the molecule is Nc1cc(Cl)c(Cl)c(C(=O)NCC2CC(O)C2)c1. The number of halogens is 2. The van der Waals surface area contributed by atoms with Gasteiger partial charge < -0.3 is 16.2 Å². The zero-order chi connectivity index (χ0) is 13.3. The van der Waals surface area contributed by atoms with Gasteiger partial charge in [-0.15, -0.1) is 0 Å². The number of nitrogens with two attached hydrogens (primary N) is 1. The smallest absolute Gasteiger partial charge is 0.252 e. The van der Waals surface area contributed by atoms with Crippen molar-refractivity contribution in [2.24, 2.45) is 5.92 Å². The van der Waals surface area contributed by atoms with Crippen molar-refractivity contribution in [2.45, 2.75) is 18.9 Å². The molecule has 0 aromatic heterocycles. The molecule has 4 nitrogen and oxygen atoms in total. The highest BCUT2D eigenvalue weighted by Gasteiger charge is 2.27. The van der Waals surface area contributed by atoms with Crippen LogP contribution in [-0.2, 0) is 0 Å². The predicted octanol–water partition coefficient (Wildman–Crippen LogP) is 2.08. The molecule has 1 aromatic rings. The molecule has 6 heteroatoms. The molecule has 98 valence electrons. The molecular formula is C12H14Cl2N2O2. The van der Waals surface area contributed by atoms with Crippen molar-refractivity contribution in [1.82, 2.24) is 5.32 Å². The van der Waals surface area contributed by atoms with Crippen LogP contribution in [0.3, 0.4) is 0 Å². The van der Waals surface area contributed by atoms with Crippen LogP contribution in [-0.4, -0.2) is 23.7 Å². The average molecular weight is 289 g/mol. The number of hydrogen-bond donors (Lipinski definition) is 3. The fraction of sp³-hybridized carbons (Fsp3) is 0.417. The zero-order valence-corrected chi connectivity index (χ0v) is 11.1. The molecule has 2 rings (SSSR count). The largest absolute Gasteiger partial charge is 0.399 e. The Morgan fingerprint density at radius 2 is 2.11 bits per heavy atom. The van der Waals surface area contributed by atoms with Gasteiger partial charge in [-0.2, -0.15) is 0 Å². The lowest BCUT2D eigenvalue weighted by atomic mass is 9.82. The van der Waals surface area contributed by atoms with E-state index in [4.69, 9.17) is 34.0 Å². The molecule has 0 heterocycles. The van der Waals surface area contributed by atoms with Gasteiger partial charge in [0.25, 0.3) is 5.91 Å². The number of carbonyl (C=O) groups excluding carboxylic acids is 1. The van der Waals surface area contributed by atoms with Gasteiger partial charge in [0, 0.05) is 12.2 Å². The van der Waals surface area contributed by atoms with E-state index in [-0.39, 0.29) is 27.6 Å². The van der Waals surface area contributed by atoms with Gasteiger partial charge in [-0.05, 0) is 30.9 Å². The van der Waals surface area contributed by atoms with Crippen LogP contribution in [0.4, 0.5) is 5.69 Å². The van der Waals surface area contributed by atoms with Gasteiger partial charge in [-0.25, -0.2) is 0 Å². The maximum Gasteiger partial charge on any atom is 0.252 e. The lowest BCUT2D eigenvalue weighted by molar-refractivity contribution is 0.0420. The first-order valence-corrected chi connectivity index (χ1v) is 6.43. The Morgan fingerprint density at radius 3 is 2.72 bits per heavy atom. The summed E-state index contributed by atoms with van der Waals surface area (Å²) < 4.78 is 0. The number of aliphatic hydroxyl groups is 1. The molecule has 0 radical (unpaired) electrons. The van der Waals surface area contributed by atoms with Gasteiger partial charge in [0.15, 0.2) is 0 Å².